The second-order valence-corrected chi connectivity index (χ2v) is 9.64. The molecule has 0 amide bonds. The van der Waals surface area contributed by atoms with Crippen LogP contribution < -0.4 is 14.8 Å². The van der Waals surface area contributed by atoms with E-state index in [0.29, 0.717) is 11.8 Å². The minimum absolute atomic E-state index is 0.399. The molecule has 0 aliphatic carbocycles. The maximum atomic E-state index is 5.58. The van der Waals surface area contributed by atoms with Crippen molar-refractivity contribution in [3.8, 4) is 22.8 Å². The van der Waals surface area contributed by atoms with E-state index in [-0.39, 0.29) is 0 Å². The number of likely N-dealkylation sites (N-methyl/N-ethyl adjacent to an activating group) is 1. The van der Waals surface area contributed by atoms with Crippen LogP contribution in [0.15, 0.2) is 30.3 Å². The first kappa shape index (κ1) is 23.7. The van der Waals surface area contributed by atoms with E-state index >= 15 is 0 Å². The number of rotatable bonds is 8. The van der Waals surface area contributed by atoms with E-state index < -0.39 is 0 Å². The van der Waals surface area contributed by atoms with Gasteiger partial charge >= 0.3 is 0 Å². The zero-order valence-corrected chi connectivity index (χ0v) is 21.0. The maximum absolute atomic E-state index is 5.58. The Morgan fingerprint density at radius 1 is 1.12 bits per heavy atom. The van der Waals surface area contributed by atoms with Crippen molar-refractivity contribution in [3.63, 3.8) is 0 Å². The van der Waals surface area contributed by atoms with Crippen LogP contribution in [0.3, 0.4) is 0 Å². The average Bonchev–Trinajstić information content (AvgIpc) is 3.20. The predicted molar refractivity (Wildman–Crippen MR) is 138 cm³/mol. The van der Waals surface area contributed by atoms with Crippen molar-refractivity contribution in [2.75, 3.05) is 47.4 Å². The normalized spacial score (nSPS) is 17.1. The molecular formula is C28H39N3O2. The molecule has 1 unspecified atom stereocenters. The summed E-state index contributed by atoms with van der Waals surface area (Å²) in [4.78, 5) is 6.36. The van der Waals surface area contributed by atoms with E-state index in [1.165, 1.54) is 52.7 Å². The number of hydrogen-bond donors (Lipinski definition) is 2. The first-order chi connectivity index (χ1) is 16.0. The Hall–Kier alpha value is -2.50. The Bertz CT molecular complexity index is 1100. The van der Waals surface area contributed by atoms with Gasteiger partial charge in [-0.1, -0.05) is 13.8 Å². The number of nitrogens with zero attached hydrogens (tertiary/aromatic N) is 1. The lowest BCUT2D eigenvalue weighted by Gasteiger charge is -2.33. The molecule has 2 heterocycles. The second kappa shape index (κ2) is 10.2. The summed E-state index contributed by atoms with van der Waals surface area (Å²) in [7, 11) is 5.40. The Kier molecular flexibility index (Phi) is 7.30. The van der Waals surface area contributed by atoms with Gasteiger partial charge in [0.1, 0.15) is 0 Å². The van der Waals surface area contributed by atoms with Crippen molar-refractivity contribution in [2.24, 2.45) is 0 Å². The molecule has 0 spiro atoms. The van der Waals surface area contributed by atoms with Crippen molar-refractivity contribution in [2.45, 2.75) is 45.4 Å². The van der Waals surface area contributed by atoms with E-state index in [2.05, 4.69) is 60.2 Å². The lowest BCUT2D eigenvalue weighted by molar-refractivity contribution is 0.209. The summed E-state index contributed by atoms with van der Waals surface area (Å²) in [6, 6.07) is 11.0. The highest BCUT2D eigenvalue weighted by molar-refractivity contribution is 5.92. The monoisotopic (exact) mass is 449 g/mol. The molecule has 1 atom stereocenters. The molecule has 3 aromatic rings. The number of benzene rings is 2. The Balaban J connectivity index is 1.77. The van der Waals surface area contributed by atoms with Gasteiger partial charge in [0.25, 0.3) is 0 Å². The van der Waals surface area contributed by atoms with Gasteiger partial charge < -0.3 is 24.7 Å². The van der Waals surface area contributed by atoms with Crippen molar-refractivity contribution < 1.29 is 9.47 Å². The highest BCUT2D eigenvalue weighted by atomic mass is 16.5. The van der Waals surface area contributed by atoms with Gasteiger partial charge in [-0.25, -0.2) is 0 Å². The Morgan fingerprint density at radius 3 is 2.61 bits per heavy atom. The van der Waals surface area contributed by atoms with Gasteiger partial charge in [-0.3, -0.25) is 0 Å². The van der Waals surface area contributed by atoms with Crippen molar-refractivity contribution in [1.29, 1.82) is 0 Å². The first-order valence-corrected chi connectivity index (χ1v) is 12.2. The van der Waals surface area contributed by atoms with Crippen LogP contribution in [0.25, 0.3) is 22.2 Å². The molecule has 2 N–H and O–H groups in total. The van der Waals surface area contributed by atoms with Crippen LogP contribution in [-0.4, -0.2) is 57.3 Å². The SMILES string of the molecule is CNCCN1CCCC(c2cc3c(C(C)C)c(-c4ccc(OC)c(OC)c4)[nH]c3cc2C)C1. The molecule has 1 saturated heterocycles. The lowest BCUT2D eigenvalue weighted by Crippen LogP contribution is -2.38. The number of piperidine rings is 1. The number of nitrogens with one attached hydrogen (secondary N) is 2. The van der Waals surface area contributed by atoms with Crippen LogP contribution in [0.2, 0.25) is 0 Å². The summed E-state index contributed by atoms with van der Waals surface area (Å²) < 4.78 is 11.0. The molecule has 0 bridgehead atoms. The van der Waals surface area contributed by atoms with Gasteiger partial charge in [0.2, 0.25) is 0 Å². The summed E-state index contributed by atoms with van der Waals surface area (Å²) in [6.07, 6.45) is 2.54. The molecule has 0 saturated carbocycles. The van der Waals surface area contributed by atoms with Crippen LogP contribution >= 0.6 is 0 Å². The molecule has 1 fully saturated rings. The fourth-order valence-corrected chi connectivity index (χ4v) is 5.43. The molecule has 1 aliphatic rings. The number of aryl methyl sites for hydroxylation is 1. The van der Waals surface area contributed by atoms with Crippen LogP contribution in [0.4, 0.5) is 0 Å². The van der Waals surface area contributed by atoms with E-state index in [0.717, 1.165) is 36.7 Å². The zero-order valence-electron chi connectivity index (χ0n) is 21.0. The molecule has 33 heavy (non-hydrogen) atoms. The number of hydrogen-bond acceptors (Lipinski definition) is 4. The first-order valence-electron chi connectivity index (χ1n) is 12.2. The molecule has 5 nitrogen and oxygen atoms in total. The quantitative estimate of drug-likeness (QED) is 0.464. The lowest BCUT2D eigenvalue weighted by atomic mass is 9.86. The number of likely N-dealkylation sites (tertiary alicyclic amines) is 1. The number of fused-ring (bicyclic) bond motifs is 1. The second-order valence-electron chi connectivity index (χ2n) is 9.64. The third-order valence-electron chi connectivity index (χ3n) is 7.10. The summed E-state index contributed by atoms with van der Waals surface area (Å²) in [5.74, 6) is 2.50. The van der Waals surface area contributed by atoms with Crippen LogP contribution in [0.1, 0.15) is 55.2 Å². The van der Waals surface area contributed by atoms with Gasteiger partial charge in [0, 0.05) is 36.1 Å². The topological polar surface area (TPSA) is 49.5 Å². The van der Waals surface area contributed by atoms with Crippen LogP contribution in [-0.2, 0) is 0 Å². The minimum atomic E-state index is 0.399. The average molecular weight is 450 g/mol. The maximum Gasteiger partial charge on any atom is 0.161 e. The fraction of sp³-hybridized carbons (Fsp3) is 0.500. The third kappa shape index (κ3) is 4.75. The molecule has 5 heteroatoms. The predicted octanol–water partition coefficient (Wildman–Crippen LogP) is 5.68. The fourth-order valence-electron chi connectivity index (χ4n) is 5.43. The van der Waals surface area contributed by atoms with Gasteiger partial charge in [-0.2, -0.15) is 0 Å². The molecule has 2 aromatic carbocycles. The number of ether oxygens (including phenoxy) is 2. The van der Waals surface area contributed by atoms with Gasteiger partial charge in [-0.05, 0) is 92.2 Å². The highest BCUT2D eigenvalue weighted by Crippen LogP contribution is 2.41. The van der Waals surface area contributed by atoms with E-state index in [4.69, 9.17) is 9.47 Å². The van der Waals surface area contributed by atoms with Gasteiger partial charge in [0.05, 0.1) is 19.9 Å². The Morgan fingerprint density at radius 2 is 1.91 bits per heavy atom. The number of aromatic amines is 1. The van der Waals surface area contributed by atoms with E-state index in [9.17, 15) is 0 Å². The molecule has 0 radical (unpaired) electrons. The molecule has 1 aliphatic heterocycles. The smallest absolute Gasteiger partial charge is 0.161 e. The minimum Gasteiger partial charge on any atom is -0.493 e. The molecule has 178 valence electrons. The van der Waals surface area contributed by atoms with Crippen LogP contribution in [0, 0.1) is 6.92 Å². The van der Waals surface area contributed by atoms with E-state index in [1.54, 1.807) is 14.2 Å². The zero-order chi connectivity index (χ0) is 23.5. The van der Waals surface area contributed by atoms with E-state index in [1.807, 2.05) is 13.1 Å². The summed E-state index contributed by atoms with van der Waals surface area (Å²) >= 11 is 0. The van der Waals surface area contributed by atoms with Gasteiger partial charge in [-0.15, -0.1) is 0 Å². The summed E-state index contributed by atoms with van der Waals surface area (Å²) in [6.45, 7) is 11.4. The van der Waals surface area contributed by atoms with Crippen LogP contribution in [0.5, 0.6) is 11.5 Å². The Labute approximate surface area is 198 Å². The van der Waals surface area contributed by atoms with Crippen molar-refractivity contribution in [3.05, 3.63) is 47.0 Å². The third-order valence-corrected chi connectivity index (χ3v) is 7.10. The number of aromatic nitrogens is 1. The summed E-state index contributed by atoms with van der Waals surface area (Å²) in [5.41, 5.74) is 7.79. The van der Waals surface area contributed by atoms with Crippen molar-refractivity contribution >= 4 is 10.9 Å². The molecule has 1 aromatic heterocycles. The largest absolute Gasteiger partial charge is 0.493 e. The summed E-state index contributed by atoms with van der Waals surface area (Å²) in [5, 5.41) is 4.65. The number of methoxy groups -OCH3 is 2. The number of H-pyrrole nitrogens is 1. The molecular weight excluding hydrogens is 410 g/mol. The standard InChI is InChI=1S/C28H39N3O2/c1-18(2)27-23-16-22(21-8-7-12-31(17-21)13-11-29-4)19(3)14-24(23)30-28(27)20-9-10-25(32-5)26(15-20)33-6/h9-10,14-16,18,21,29-30H,7-8,11-13,17H2,1-6H3. The highest BCUT2D eigenvalue weighted by Gasteiger charge is 2.25. The van der Waals surface area contributed by atoms with Crippen molar-refractivity contribution in [1.82, 2.24) is 15.2 Å². The molecule has 4 rings (SSSR count). The van der Waals surface area contributed by atoms with Gasteiger partial charge in [0.15, 0.2) is 11.5 Å².